The quantitative estimate of drug-likeness (QED) is 0.0748. The molecule has 0 saturated carbocycles. The van der Waals surface area contributed by atoms with Gasteiger partial charge in [-0.05, 0) is 38.5 Å². The number of hydrogen-bond acceptors (Lipinski definition) is 8. The van der Waals surface area contributed by atoms with E-state index in [1.807, 2.05) is 0 Å². The zero-order valence-electron chi connectivity index (χ0n) is 17.3. The predicted octanol–water partition coefficient (Wildman–Crippen LogP) is 2.06. The summed E-state index contributed by atoms with van der Waals surface area (Å²) in [6.07, 6.45) is 14.3. The van der Waals surface area contributed by atoms with Crippen LogP contribution >= 0.6 is 0 Å². The minimum Gasteiger partial charge on any atom is -0.393 e. The molecule has 170 valence electrons. The molecule has 29 heavy (non-hydrogen) atoms. The molecule has 0 aliphatic heterocycles. The van der Waals surface area contributed by atoms with Gasteiger partial charge in [0, 0.05) is 12.8 Å². The standard InChI is InChI=1S/C21H38O8/c22-17-18(23)20(25)29-19(24)15-13-11-9-7-5-3-1-2-4-6-8-10-12-14-16-21(26,27)28/h1-2,18,22-23,26-28H,3-17H2/b2-1-. The highest BCUT2D eigenvalue weighted by molar-refractivity contribution is 5.87. The van der Waals surface area contributed by atoms with Crippen LogP contribution in [0.1, 0.15) is 89.9 Å². The van der Waals surface area contributed by atoms with Gasteiger partial charge in [-0.3, -0.25) is 4.79 Å². The first-order valence-corrected chi connectivity index (χ1v) is 10.6. The zero-order chi connectivity index (χ0) is 22.0. The molecular formula is C21H38O8. The number of esters is 2. The number of allylic oxidation sites excluding steroid dienone is 2. The highest BCUT2D eigenvalue weighted by atomic mass is 16.7. The molecule has 8 nitrogen and oxygen atoms in total. The second kappa shape index (κ2) is 17.5. The molecule has 1 atom stereocenters. The molecule has 0 spiro atoms. The Morgan fingerprint density at radius 1 is 0.793 bits per heavy atom. The van der Waals surface area contributed by atoms with Gasteiger partial charge >= 0.3 is 11.9 Å². The lowest BCUT2D eigenvalue weighted by Gasteiger charge is -2.12. The average Bonchev–Trinajstić information content (AvgIpc) is 2.65. The van der Waals surface area contributed by atoms with E-state index >= 15 is 0 Å². The van der Waals surface area contributed by atoms with Gasteiger partial charge in [0.25, 0.3) is 5.97 Å². The Bertz CT molecular complexity index is 456. The van der Waals surface area contributed by atoms with E-state index in [1.54, 1.807) is 0 Å². The molecule has 0 bridgehead atoms. The SMILES string of the molecule is O=C(CCCCCCC/C=C\CCCCCCCC(O)(O)O)OC(=O)C(O)CO. The van der Waals surface area contributed by atoms with Crippen molar-refractivity contribution in [2.75, 3.05) is 6.61 Å². The third-order valence-electron chi connectivity index (χ3n) is 4.46. The fourth-order valence-electron chi connectivity index (χ4n) is 2.76. The molecule has 0 aromatic rings. The van der Waals surface area contributed by atoms with Crippen LogP contribution in [0.4, 0.5) is 0 Å². The normalized spacial score (nSPS) is 13.0. The van der Waals surface area contributed by atoms with Crippen molar-refractivity contribution in [3.63, 3.8) is 0 Å². The first-order chi connectivity index (χ1) is 13.8. The van der Waals surface area contributed by atoms with E-state index < -0.39 is 30.6 Å². The Morgan fingerprint density at radius 3 is 1.79 bits per heavy atom. The minimum atomic E-state index is -2.53. The number of aliphatic hydroxyl groups is 5. The molecule has 0 aliphatic rings. The van der Waals surface area contributed by atoms with Crippen LogP contribution in [0, 0.1) is 0 Å². The molecule has 1 unspecified atom stereocenters. The summed E-state index contributed by atoms with van der Waals surface area (Å²) in [4.78, 5) is 22.5. The minimum absolute atomic E-state index is 0.00851. The van der Waals surface area contributed by atoms with Gasteiger partial charge < -0.3 is 30.3 Å². The Labute approximate surface area is 173 Å². The second-order valence-electron chi connectivity index (χ2n) is 7.35. The number of carbonyl (C=O) groups is 2. The van der Waals surface area contributed by atoms with E-state index in [1.165, 1.54) is 0 Å². The van der Waals surface area contributed by atoms with Gasteiger partial charge in [-0.2, -0.15) is 0 Å². The van der Waals surface area contributed by atoms with Crippen LogP contribution in [0.15, 0.2) is 12.2 Å². The number of ether oxygens (including phenoxy) is 1. The Morgan fingerprint density at radius 2 is 1.28 bits per heavy atom. The van der Waals surface area contributed by atoms with Crippen molar-refractivity contribution in [3.8, 4) is 0 Å². The maximum Gasteiger partial charge on any atom is 0.345 e. The van der Waals surface area contributed by atoms with Crippen LogP contribution in [0.3, 0.4) is 0 Å². The smallest absolute Gasteiger partial charge is 0.345 e. The van der Waals surface area contributed by atoms with Crippen LogP contribution in [0.5, 0.6) is 0 Å². The molecule has 0 radical (unpaired) electrons. The van der Waals surface area contributed by atoms with Gasteiger partial charge in [0.05, 0.1) is 6.61 Å². The van der Waals surface area contributed by atoms with Gasteiger partial charge in [-0.15, -0.1) is 0 Å². The monoisotopic (exact) mass is 418 g/mol. The summed E-state index contributed by atoms with van der Waals surface area (Å²) in [5.41, 5.74) is 0. The number of rotatable bonds is 18. The van der Waals surface area contributed by atoms with Crippen LogP contribution in [-0.4, -0.2) is 56.2 Å². The summed E-state index contributed by atoms with van der Waals surface area (Å²) in [6, 6.07) is 0. The van der Waals surface area contributed by atoms with Crippen LogP contribution in [0.25, 0.3) is 0 Å². The van der Waals surface area contributed by atoms with Crippen molar-refractivity contribution >= 4 is 11.9 Å². The molecule has 0 aromatic carbocycles. The van der Waals surface area contributed by atoms with E-state index in [2.05, 4.69) is 16.9 Å². The van der Waals surface area contributed by atoms with Crippen LogP contribution in [-0.2, 0) is 14.3 Å². The molecule has 0 saturated heterocycles. The lowest BCUT2D eigenvalue weighted by atomic mass is 10.1. The third-order valence-corrected chi connectivity index (χ3v) is 4.46. The maximum atomic E-state index is 11.4. The van der Waals surface area contributed by atoms with Gasteiger partial charge in [-0.25, -0.2) is 4.79 Å². The molecule has 5 N–H and O–H groups in total. The Hall–Kier alpha value is -1.32. The maximum absolute atomic E-state index is 11.4. The summed E-state index contributed by atoms with van der Waals surface area (Å²) < 4.78 is 4.41. The Balaban J connectivity index is 3.36. The number of aliphatic hydroxyl groups excluding tert-OH is 2. The lowest BCUT2D eigenvalue weighted by Crippen LogP contribution is -2.28. The zero-order valence-corrected chi connectivity index (χ0v) is 17.3. The van der Waals surface area contributed by atoms with Crippen LogP contribution in [0.2, 0.25) is 0 Å². The summed E-state index contributed by atoms with van der Waals surface area (Å²) in [5.74, 6) is -4.31. The first kappa shape index (κ1) is 27.7. The average molecular weight is 419 g/mol. The van der Waals surface area contributed by atoms with E-state index in [4.69, 9.17) is 25.5 Å². The number of hydrogen-bond donors (Lipinski definition) is 5. The van der Waals surface area contributed by atoms with Crippen molar-refractivity contribution in [1.29, 1.82) is 0 Å². The van der Waals surface area contributed by atoms with Crippen molar-refractivity contribution in [1.82, 2.24) is 0 Å². The summed E-state index contributed by atoms with van der Waals surface area (Å²) in [5, 5.41) is 43.8. The number of carbonyl (C=O) groups excluding carboxylic acids is 2. The molecule has 0 rings (SSSR count). The highest BCUT2D eigenvalue weighted by Crippen LogP contribution is 2.12. The first-order valence-electron chi connectivity index (χ1n) is 10.6. The summed E-state index contributed by atoms with van der Waals surface area (Å²) in [6.45, 7) is -0.761. The summed E-state index contributed by atoms with van der Waals surface area (Å²) in [7, 11) is 0. The topological polar surface area (TPSA) is 145 Å². The molecule has 0 amide bonds. The molecular weight excluding hydrogens is 380 g/mol. The fourth-order valence-corrected chi connectivity index (χ4v) is 2.76. The van der Waals surface area contributed by atoms with Gasteiger partial charge in [0.1, 0.15) is 0 Å². The Kier molecular flexibility index (Phi) is 16.7. The molecule has 0 heterocycles. The summed E-state index contributed by atoms with van der Waals surface area (Å²) >= 11 is 0. The number of unbranched alkanes of at least 4 members (excludes halogenated alkanes) is 10. The second-order valence-corrected chi connectivity index (χ2v) is 7.35. The fraction of sp³-hybridized carbons (Fsp3) is 0.810. The van der Waals surface area contributed by atoms with Crippen molar-refractivity contribution < 1.29 is 39.9 Å². The van der Waals surface area contributed by atoms with Crippen molar-refractivity contribution in [2.24, 2.45) is 0 Å². The van der Waals surface area contributed by atoms with E-state index in [0.717, 1.165) is 64.2 Å². The third kappa shape index (κ3) is 19.8. The largest absolute Gasteiger partial charge is 0.393 e. The van der Waals surface area contributed by atoms with Crippen molar-refractivity contribution in [2.45, 2.75) is 102 Å². The predicted molar refractivity (Wildman–Crippen MR) is 107 cm³/mol. The highest BCUT2D eigenvalue weighted by Gasteiger charge is 2.18. The van der Waals surface area contributed by atoms with Gasteiger partial charge in [-0.1, -0.05) is 50.7 Å². The van der Waals surface area contributed by atoms with Gasteiger partial charge in [0.15, 0.2) is 6.10 Å². The molecule has 0 aromatic heterocycles. The van der Waals surface area contributed by atoms with Crippen LogP contribution < -0.4 is 0 Å². The van der Waals surface area contributed by atoms with Crippen molar-refractivity contribution in [3.05, 3.63) is 12.2 Å². The van der Waals surface area contributed by atoms with E-state index in [-0.39, 0.29) is 12.8 Å². The molecule has 0 aliphatic carbocycles. The molecule has 0 fully saturated rings. The van der Waals surface area contributed by atoms with E-state index in [9.17, 15) is 9.59 Å². The molecule has 8 heteroatoms. The van der Waals surface area contributed by atoms with Gasteiger partial charge in [0.2, 0.25) is 0 Å². The van der Waals surface area contributed by atoms with E-state index in [0.29, 0.717) is 12.8 Å². The lowest BCUT2D eigenvalue weighted by molar-refractivity contribution is -0.315.